The van der Waals surface area contributed by atoms with Crippen LogP contribution < -0.4 is 10.0 Å². The van der Waals surface area contributed by atoms with Crippen LogP contribution in [0.1, 0.15) is 19.8 Å². The molecule has 0 aromatic carbocycles. The van der Waals surface area contributed by atoms with E-state index in [4.69, 9.17) is 0 Å². The summed E-state index contributed by atoms with van der Waals surface area (Å²) in [4.78, 5) is 2.32. The molecule has 7 heteroatoms. The first-order valence-corrected chi connectivity index (χ1v) is 9.93. The van der Waals surface area contributed by atoms with Gasteiger partial charge in [-0.3, -0.25) is 0 Å². The minimum absolute atomic E-state index is 0.222. The molecule has 5 nitrogen and oxygen atoms in total. The van der Waals surface area contributed by atoms with Gasteiger partial charge in [0.25, 0.3) is 0 Å². The zero-order valence-electron chi connectivity index (χ0n) is 11.9. The van der Waals surface area contributed by atoms with Crippen LogP contribution in [0.4, 0.5) is 0 Å². The molecule has 0 spiro atoms. The van der Waals surface area contributed by atoms with E-state index in [1.807, 2.05) is 11.8 Å². The molecule has 1 aliphatic rings. The molecule has 2 N–H and O–H groups in total. The zero-order valence-corrected chi connectivity index (χ0v) is 13.5. The maximum Gasteiger partial charge on any atom is 0.211 e. The molecular formula is C12H27N3O2S2. The van der Waals surface area contributed by atoms with E-state index in [9.17, 15) is 8.42 Å². The van der Waals surface area contributed by atoms with Gasteiger partial charge in [-0.25, -0.2) is 13.1 Å². The second-order valence-corrected chi connectivity index (χ2v) is 7.92. The number of sulfonamides is 1. The molecule has 1 rings (SSSR count). The van der Waals surface area contributed by atoms with Crippen molar-refractivity contribution in [2.24, 2.45) is 0 Å². The van der Waals surface area contributed by atoms with Crippen molar-refractivity contribution in [3.05, 3.63) is 0 Å². The van der Waals surface area contributed by atoms with Crippen LogP contribution in [0.3, 0.4) is 0 Å². The van der Waals surface area contributed by atoms with Gasteiger partial charge in [-0.2, -0.15) is 11.8 Å². The Morgan fingerprint density at radius 2 is 1.89 bits per heavy atom. The topological polar surface area (TPSA) is 61.4 Å². The molecule has 0 saturated carbocycles. The molecule has 19 heavy (non-hydrogen) atoms. The first kappa shape index (κ1) is 17.2. The minimum atomic E-state index is -3.09. The van der Waals surface area contributed by atoms with Crippen molar-refractivity contribution >= 4 is 21.8 Å². The fourth-order valence-corrected chi connectivity index (χ4v) is 3.99. The van der Waals surface area contributed by atoms with Crippen LogP contribution in [-0.2, 0) is 10.0 Å². The van der Waals surface area contributed by atoms with Crippen LogP contribution in [0, 0.1) is 0 Å². The average Bonchev–Trinajstić information content (AvgIpc) is 2.39. The van der Waals surface area contributed by atoms with E-state index < -0.39 is 10.0 Å². The highest BCUT2D eigenvalue weighted by atomic mass is 32.2. The Labute approximate surface area is 121 Å². The molecule has 1 fully saturated rings. The van der Waals surface area contributed by atoms with Gasteiger partial charge in [-0.05, 0) is 25.9 Å². The van der Waals surface area contributed by atoms with Crippen LogP contribution in [0.2, 0.25) is 0 Å². The maximum atomic E-state index is 11.7. The fourth-order valence-electron chi connectivity index (χ4n) is 1.95. The van der Waals surface area contributed by atoms with E-state index in [0.29, 0.717) is 13.0 Å². The van der Waals surface area contributed by atoms with Gasteiger partial charge in [-0.15, -0.1) is 0 Å². The summed E-state index contributed by atoms with van der Waals surface area (Å²) in [6.45, 7) is 7.35. The molecule has 1 aliphatic heterocycles. The lowest BCUT2D eigenvalue weighted by Crippen LogP contribution is -2.39. The molecule has 0 aromatic heterocycles. The lowest BCUT2D eigenvalue weighted by Gasteiger charge is -2.25. The van der Waals surface area contributed by atoms with E-state index in [1.165, 1.54) is 0 Å². The SMILES string of the molecule is CCCNCCCS(=O)(=O)NCCN1CCSCC1. The van der Waals surface area contributed by atoms with Gasteiger partial charge in [0, 0.05) is 37.7 Å². The number of thioether (sulfide) groups is 1. The summed E-state index contributed by atoms with van der Waals surface area (Å²) in [7, 11) is -3.09. The monoisotopic (exact) mass is 309 g/mol. The Hall–Kier alpha value is 0.180. The number of nitrogens with one attached hydrogen (secondary N) is 2. The second kappa shape index (κ2) is 9.99. The molecule has 0 atom stereocenters. The number of rotatable bonds is 10. The Morgan fingerprint density at radius 3 is 2.58 bits per heavy atom. The van der Waals surface area contributed by atoms with E-state index in [-0.39, 0.29) is 5.75 Å². The molecule has 0 amide bonds. The number of nitrogens with zero attached hydrogens (tertiary/aromatic N) is 1. The predicted octanol–water partition coefficient (Wildman–Crippen LogP) is 0.344. The summed E-state index contributed by atoms with van der Waals surface area (Å²) in [5, 5.41) is 3.21. The normalized spacial score (nSPS) is 17.7. The lowest BCUT2D eigenvalue weighted by molar-refractivity contribution is 0.307. The number of hydrogen-bond acceptors (Lipinski definition) is 5. The van der Waals surface area contributed by atoms with Gasteiger partial charge in [0.05, 0.1) is 5.75 Å². The largest absolute Gasteiger partial charge is 0.317 e. The highest BCUT2D eigenvalue weighted by Crippen LogP contribution is 2.07. The van der Waals surface area contributed by atoms with Gasteiger partial charge in [0.15, 0.2) is 0 Å². The van der Waals surface area contributed by atoms with E-state index in [2.05, 4.69) is 21.9 Å². The van der Waals surface area contributed by atoms with Gasteiger partial charge in [-0.1, -0.05) is 6.92 Å². The molecule has 0 unspecified atom stereocenters. The maximum absolute atomic E-state index is 11.7. The molecule has 0 aliphatic carbocycles. The smallest absolute Gasteiger partial charge is 0.211 e. The standard InChI is InChI=1S/C12H27N3O2S2/c1-2-4-13-5-3-12-19(16,17)14-6-7-15-8-10-18-11-9-15/h13-14H,2-12H2,1H3. The minimum Gasteiger partial charge on any atom is -0.317 e. The summed E-state index contributed by atoms with van der Waals surface area (Å²) in [6, 6.07) is 0. The van der Waals surface area contributed by atoms with Gasteiger partial charge in [0.2, 0.25) is 10.0 Å². The van der Waals surface area contributed by atoms with Crippen molar-refractivity contribution in [3.8, 4) is 0 Å². The summed E-state index contributed by atoms with van der Waals surface area (Å²) in [6.07, 6.45) is 1.76. The first-order valence-electron chi connectivity index (χ1n) is 7.12. The van der Waals surface area contributed by atoms with Gasteiger partial charge >= 0.3 is 0 Å². The van der Waals surface area contributed by atoms with Crippen LogP contribution in [0.25, 0.3) is 0 Å². The average molecular weight is 310 g/mol. The van der Waals surface area contributed by atoms with Crippen LogP contribution in [0.15, 0.2) is 0 Å². The molecule has 0 aromatic rings. The highest BCUT2D eigenvalue weighted by molar-refractivity contribution is 7.99. The molecular weight excluding hydrogens is 282 g/mol. The second-order valence-electron chi connectivity index (χ2n) is 4.77. The Bertz CT molecular complexity index is 317. The van der Waals surface area contributed by atoms with Crippen molar-refractivity contribution in [1.82, 2.24) is 14.9 Å². The van der Waals surface area contributed by atoms with Crippen molar-refractivity contribution in [1.29, 1.82) is 0 Å². The van der Waals surface area contributed by atoms with E-state index in [0.717, 1.165) is 50.7 Å². The van der Waals surface area contributed by atoms with Crippen LogP contribution >= 0.6 is 11.8 Å². The summed E-state index contributed by atoms with van der Waals surface area (Å²) < 4.78 is 26.2. The van der Waals surface area contributed by atoms with Crippen LogP contribution in [0.5, 0.6) is 0 Å². The van der Waals surface area contributed by atoms with Gasteiger partial charge < -0.3 is 10.2 Å². The zero-order chi connectivity index (χ0) is 14.0. The van der Waals surface area contributed by atoms with Crippen LogP contribution in [-0.4, -0.2) is 69.8 Å². The third-order valence-electron chi connectivity index (χ3n) is 3.05. The van der Waals surface area contributed by atoms with Crippen molar-refractivity contribution < 1.29 is 8.42 Å². The summed E-state index contributed by atoms with van der Waals surface area (Å²) in [5.41, 5.74) is 0. The highest BCUT2D eigenvalue weighted by Gasteiger charge is 2.12. The Morgan fingerprint density at radius 1 is 1.16 bits per heavy atom. The third kappa shape index (κ3) is 8.86. The molecule has 0 radical (unpaired) electrons. The summed E-state index contributed by atoms with van der Waals surface area (Å²) >= 11 is 1.97. The van der Waals surface area contributed by atoms with Crippen molar-refractivity contribution in [2.75, 3.05) is 56.5 Å². The Kier molecular flexibility index (Phi) is 9.06. The fraction of sp³-hybridized carbons (Fsp3) is 1.00. The molecule has 1 heterocycles. The predicted molar refractivity (Wildman–Crippen MR) is 83.3 cm³/mol. The molecule has 1 saturated heterocycles. The number of hydrogen-bond donors (Lipinski definition) is 2. The third-order valence-corrected chi connectivity index (χ3v) is 5.46. The van der Waals surface area contributed by atoms with Crippen molar-refractivity contribution in [2.45, 2.75) is 19.8 Å². The quantitative estimate of drug-likeness (QED) is 0.570. The van der Waals surface area contributed by atoms with E-state index in [1.54, 1.807) is 0 Å². The molecule has 0 bridgehead atoms. The van der Waals surface area contributed by atoms with E-state index >= 15 is 0 Å². The van der Waals surface area contributed by atoms with Crippen molar-refractivity contribution in [3.63, 3.8) is 0 Å². The lowest BCUT2D eigenvalue weighted by atomic mass is 10.4. The first-order chi connectivity index (χ1) is 9.14. The van der Waals surface area contributed by atoms with Gasteiger partial charge in [0.1, 0.15) is 0 Å². The molecule has 114 valence electrons. The summed E-state index contributed by atoms with van der Waals surface area (Å²) in [5.74, 6) is 2.55. The Balaban J connectivity index is 2.05.